The normalized spacial score (nSPS) is 24.7. The second-order valence-electron chi connectivity index (χ2n) is 5.85. The molecular formula is C13H23N3OS. The lowest BCUT2D eigenvalue weighted by Crippen LogP contribution is -2.35. The molecule has 0 radical (unpaired) electrons. The van der Waals surface area contributed by atoms with Crippen molar-refractivity contribution in [2.45, 2.75) is 64.6 Å². The summed E-state index contributed by atoms with van der Waals surface area (Å²) in [5, 5.41) is 14.3. The molecule has 0 bridgehead atoms. The Morgan fingerprint density at radius 3 is 2.83 bits per heavy atom. The molecule has 0 aromatic carbocycles. The van der Waals surface area contributed by atoms with Gasteiger partial charge in [-0.1, -0.05) is 18.3 Å². The van der Waals surface area contributed by atoms with Crippen LogP contribution in [0.2, 0.25) is 0 Å². The van der Waals surface area contributed by atoms with Crippen LogP contribution >= 0.6 is 11.3 Å². The van der Waals surface area contributed by atoms with E-state index in [0.717, 1.165) is 36.0 Å². The lowest BCUT2D eigenvalue weighted by atomic mass is 10.0. The van der Waals surface area contributed by atoms with Crippen LogP contribution in [0, 0.1) is 0 Å². The lowest BCUT2D eigenvalue weighted by molar-refractivity contribution is 0.100. The minimum atomic E-state index is 0.119. The molecule has 1 saturated heterocycles. The molecule has 2 unspecified atom stereocenters. The van der Waals surface area contributed by atoms with Gasteiger partial charge in [0, 0.05) is 18.1 Å². The summed E-state index contributed by atoms with van der Waals surface area (Å²) in [6, 6.07) is 0. The number of hydrogen-bond acceptors (Lipinski definition) is 5. The average Bonchev–Trinajstić information content (AvgIpc) is 2.93. The second-order valence-corrected chi connectivity index (χ2v) is 6.94. The van der Waals surface area contributed by atoms with Gasteiger partial charge in [-0.3, -0.25) is 0 Å². The first-order valence-corrected chi connectivity index (χ1v) is 7.50. The highest BCUT2D eigenvalue weighted by atomic mass is 32.1. The van der Waals surface area contributed by atoms with Crippen molar-refractivity contribution in [1.29, 1.82) is 0 Å². The van der Waals surface area contributed by atoms with E-state index in [1.54, 1.807) is 11.3 Å². The summed E-state index contributed by atoms with van der Waals surface area (Å²) in [6.45, 7) is 10.3. The molecule has 1 N–H and O–H groups in total. The summed E-state index contributed by atoms with van der Waals surface area (Å²) in [4.78, 5) is 0. The Morgan fingerprint density at radius 1 is 1.39 bits per heavy atom. The first-order chi connectivity index (χ1) is 8.49. The minimum absolute atomic E-state index is 0.119. The Kier molecular flexibility index (Phi) is 4.35. The van der Waals surface area contributed by atoms with E-state index in [1.165, 1.54) is 0 Å². The standard InChI is InChI=1S/C13H23N3OS/c1-5-10-9(6-7-17-10)12-16-15-11(18-12)8-14-13(2,3)4/h9-10,14H,5-8H2,1-4H3. The van der Waals surface area contributed by atoms with E-state index in [0.29, 0.717) is 12.0 Å². The van der Waals surface area contributed by atoms with Crippen LogP contribution in [-0.4, -0.2) is 28.4 Å². The molecule has 1 aliphatic heterocycles. The van der Waals surface area contributed by atoms with Crippen molar-refractivity contribution in [2.24, 2.45) is 0 Å². The fraction of sp³-hybridized carbons (Fsp3) is 0.846. The first kappa shape index (κ1) is 13.9. The lowest BCUT2D eigenvalue weighted by Gasteiger charge is -2.19. The monoisotopic (exact) mass is 269 g/mol. The topological polar surface area (TPSA) is 47.0 Å². The van der Waals surface area contributed by atoms with Gasteiger partial charge in [0.1, 0.15) is 10.0 Å². The number of ether oxygens (including phenoxy) is 1. The number of rotatable bonds is 4. The van der Waals surface area contributed by atoms with Crippen LogP contribution in [0.1, 0.15) is 56.5 Å². The van der Waals surface area contributed by atoms with E-state index in [9.17, 15) is 0 Å². The van der Waals surface area contributed by atoms with Gasteiger partial charge in [0.05, 0.1) is 12.6 Å². The zero-order valence-electron chi connectivity index (χ0n) is 11.7. The van der Waals surface area contributed by atoms with Gasteiger partial charge in [-0.25, -0.2) is 0 Å². The van der Waals surface area contributed by atoms with Crippen LogP contribution in [0.3, 0.4) is 0 Å². The maximum absolute atomic E-state index is 5.72. The smallest absolute Gasteiger partial charge is 0.131 e. The maximum atomic E-state index is 5.72. The van der Waals surface area contributed by atoms with Crippen LogP contribution < -0.4 is 5.32 Å². The van der Waals surface area contributed by atoms with Gasteiger partial charge < -0.3 is 10.1 Å². The molecule has 1 aromatic rings. The van der Waals surface area contributed by atoms with Crippen LogP contribution in [0.25, 0.3) is 0 Å². The van der Waals surface area contributed by atoms with E-state index < -0.39 is 0 Å². The summed E-state index contributed by atoms with van der Waals surface area (Å²) >= 11 is 1.73. The molecule has 0 amide bonds. The highest BCUT2D eigenvalue weighted by Crippen LogP contribution is 2.34. The third kappa shape index (κ3) is 3.49. The van der Waals surface area contributed by atoms with Gasteiger partial charge in [-0.15, -0.1) is 10.2 Å². The average molecular weight is 269 g/mol. The highest BCUT2D eigenvalue weighted by Gasteiger charge is 2.31. The number of aromatic nitrogens is 2. The largest absolute Gasteiger partial charge is 0.377 e. The molecular weight excluding hydrogens is 246 g/mol. The zero-order valence-corrected chi connectivity index (χ0v) is 12.5. The third-order valence-corrected chi connectivity index (χ3v) is 4.24. The highest BCUT2D eigenvalue weighted by molar-refractivity contribution is 7.11. The Hall–Kier alpha value is -0.520. The van der Waals surface area contributed by atoms with Gasteiger partial charge in [-0.2, -0.15) is 0 Å². The summed E-state index contributed by atoms with van der Waals surface area (Å²) in [7, 11) is 0. The molecule has 18 heavy (non-hydrogen) atoms. The van der Waals surface area contributed by atoms with E-state index >= 15 is 0 Å². The molecule has 2 heterocycles. The van der Waals surface area contributed by atoms with Crippen molar-refractivity contribution in [2.75, 3.05) is 6.61 Å². The second kappa shape index (κ2) is 5.63. The fourth-order valence-electron chi connectivity index (χ4n) is 2.16. The van der Waals surface area contributed by atoms with E-state index in [2.05, 4.69) is 43.2 Å². The molecule has 1 fully saturated rings. The van der Waals surface area contributed by atoms with Crippen molar-refractivity contribution in [3.63, 3.8) is 0 Å². The number of nitrogens with zero attached hydrogens (tertiary/aromatic N) is 2. The molecule has 1 aliphatic rings. The summed E-state index contributed by atoms with van der Waals surface area (Å²) < 4.78 is 5.72. The molecule has 1 aromatic heterocycles. The number of nitrogens with one attached hydrogen (secondary N) is 1. The van der Waals surface area contributed by atoms with Gasteiger partial charge in [0.15, 0.2) is 0 Å². The van der Waals surface area contributed by atoms with Crippen LogP contribution in [-0.2, 0) is 11.3 Å². The van der Waals surface area contributed by atoms with Gasteiger partial charge >= 0.3 is 0 Å². The molecule has 4 nitrogen and oxygen atoms in total. The SMILES string of the molecule is CCC1OCCC1c1nnc(CNC(C)(C)C)s1. The molecule has 102 valence electrons. The predicted molar refractivity (Wildman–Crippen MR) is 73.9 cm³/mol. The molecule has 2 rings (SSSR count). The first-order valence-electron chi connectivity index (χ1n) is 6.68. The summed E-state index contributed by atoms with van der Waals surface area (Å²) in [5.74, 6) is 0.455. The third-order valence-electron chi connectivity index (χ3n) is 3.18. The minimum Gasteiger partial charge on any atom is -0.377 e. The molecule has 0 saturated carbocycles. The van der Waals surface area contributed by atoms with Crippen molar-refractivity contribution in [3.05, 3.63) is 10.0 Å². The fourth-order valence-corrected chi connectivity index (χ4v) is 3.13. The van der Waals surface area contributed by atoms with Crippen molar-refractivity contribution in [1.82, 2.24) is 15.5 Å². The summed E-state index contributed by atoms with van der Waals surface area (Å²) in [6.07, 6.45) is 2.47. The Labute approximate surface area is 113 Å². The Bertz CT molecular complexity index is 386. The molecule has 0 spiro atoms. The van der Waals surface area contributed by atoms with Gasteiger partial charge in [-0.05, 0) is 33.6 Å². The van der Waals surface area contributed by atoms with Crippen LogP contribution in [0.4, 0.5) is 0 Å². The molecule has 0 aliphatic carbocycles. The molecule has 2 atom stereocenters. The van der Waals surface area contributed by atoms with Gasteiger partial charge in [0.2, 0.25) is 0 Å². The van der Waals surface area contributed by atoms with Gasteiger partial charge in [0.25, 0.3) is 0 Å². The van der Waals surface area contributed by atoms with Crippen LogP contribution in [0.15, 0.2) is 0 Å². The van der Waals surface area contributed by atoms with E-state index in [-0.39, 0.29) is 5.54 Å². The van der Waals surface area contributed by atoms with Crippen molar-refractivity contribution in [3.8, 4) is 0 Å². The van der Waals surface area contributed by atoms with E-state index in [1.807, 2.05) is 0 Å². The maximum Gasteiger partial charge on any atom is 0.131 e. The zero-order chi connectivity index (χ0) is 13.2. The van der Waals surface area contributed by atoms with Crippen molar-refractivity contribution < 1.29 is 4.74 Å². The Balaban J connectivity index is 1.97. The molecule has 5 heteroatoms. The summed E-state index contributed by atoms with van der Waals surface area (Å²) in [5.41, 5.74) is 0.119. The van der Waals surface area contributed by atoms with Crippen LogP contribution in [0.5, 0.6) is 0 Å². The van der Waals surface area contributed by atoms with E-state index in [4.69, 9.17) is 4.74 Å². The van der Waals surface area contributed by atoms with Crippen molar-refractivity contribution >= 4 is 11.3 Å². The predicted octanol–water partition coefficient (Wildman–Crippen LogP) is 2.71. The number of hydrogen-bond donors (Lipinski definition) is 1. The Morgan fingerprint density at radius 2 is 2.17 bits per heavy atom. The quantitative estimate of drug-likeness (QED) is 0.913.